The number of nitrogens with zero attached hydrogens (tertiary/aromatic N) is 2. The Bertz CT molecular complexity index is 802. The monoisotopic (exact) mass is 465 g/mol. The van der Waals surface area contributed by atoms with Gasteiger partial charge in [0.25, 0.3) is 0 Å². The number of ether oxygens (including phenoxy) is 3. The molecule has 1 heterocycles. The molecule has 1 aromatic rings. The zero-order valence-electron chi connectivity index (χ0n) is 19.9. The molecule has 0 unspecified atom stereocenters. The smallest absolute Gasteiger partial charge is 0.306 e. The number of nitrogens with one attached hydrogen (secondary N) is 1. The highest BCUT2D eigenvalue weighted by atomic mass is 35.5. The minimum absolute atomic E-state index is 0.141. The van der Waals surface area contributed by atoms with Crippen molar-refractivity contribution < 1.29 is 19.0 Å². The topological polar surface area (TPSA) is 82.6 Å². The summed E-state index contributed by atoms with van der Waals surface area (Å²) >= 11 is 6.11. The van der Waals surface area contributed by atoms with Crippen LogP contribution in [0.15, 0.2) is 6.20 Å². The highest BCUT2D eigenvalue weighted by molar-refractivity contribution is 6.28. The fourth-order valence-corrected chi connectivity index (χ4v) is 3.90. The predicted molar refractivity (Wildman–Crippen MR) is 125 cm³/mol. The minimum atomic E-state index is -0.621. The normalized spacial score (nSPS) is 15.7. The van der Waals surface area contributed by atoms with Crippen molar-refractivity contribution in [2.45, 2.75) is 97.0 Å². The van der Waals surface area contributed by atoms with E-state index < -0.39 is 11.9 Å². The van der Waals surface area contributed by atoms with Crippen molar-refractivity contribution in [2.24, 2.45) is 0 Å². The number of carbonyl (C=O) groups is 1. The zero-order valence-corrected chi connectivity index (χ0v) is 20.7. The van der Waals surface area contributed by atoms with E-state index in [0.29, 0.717) is 37.4 Å². The lowest BCUT2D eigenvalue weighted by atomic mass is 9.78. The third kappa shape index (κ3) is 8.93. The molecule has 0 bridgehead atoms. The van der Waals surface area contributed by atoms with Gasteiger partial charge in [-0.05, 0) is 71.4 Å². The Morgan fingerprint density at radius 2 is 1.88 bits per heavy atom. The molecule has 0 saturated heterocycles. The van der Waals surface area contributed by atoms with E-state index in [2.05, 4.69) is 27.1 Å². The Hall–Kier alpha value is -1.88. The van der Waals surface area contributed by atoms with Crippen LogP contribution in [-0.2, 0) is 19.0 Å². The molecule has 0 aliphatic heterocycles. The van der Waals surface area contributed by atoms with E-state index in [1.807, 2.05) is 34.6 Å². The summed E-state index contributed by atoms with van der Waals surface area (Å²) in [5.74, 6) is 6.44. The van der Waals surface area contributed by atoms with Crippen LogP contribution in [0.2, 0.25) is 5.28 Å². The van der Waals surface area contributed by atoms with Gasteiger partial charge in [0.1, 0.15) is 11.4 Å². The average molecular weight is 466 g/mol. The summed E-state index contributed by atoms with van der Waals surface area (Å²) < 4.78 is 16.5. The molecular formula is C24H36ClN3O4. The van der Waals surface area contributed by atoms with Gasteiger partial charge in [0.15, 0.2) is 0 Å². The molecule has 1 saturated carbocycles. The van der Waals surface area contributed by atoms with Gasteiger partial charge in [-0.3, -0.25) is 4.79 Å². The van der Waals surface area contributed by atoms with Gasteiger partial charge in [0.2, 0.25) is 11.6 Å². The minimum Gasteiger partial charge on any atom is -0.460 e. The lowest BCUT2D eigenvalue weighted by Crippen LogP contribution is -2.41. The van der Waals surface area contributed by atoms with Gasteiger partial charge in [-0.1, -0.05) is 25.2 Å². The molecule has 1 fully saturated rings. The molecule has 2 rings (SSSR count). The maximum Gasteiger partial charge on any atom is 0.306 e. The first-order valence-electron chi connectivity index (χ1n) is 11.4. The predicted octanol–water partition coefficient (Wildman–Crippen LogP) is 5.12. The highest BCUT2D eigenvalue weighted by Gasteiger charge is 2.34. The lowest BCUT2D eigenvalue weighted by molar-refractivity contribution is -0.155. The number of hydrogen-bond donors (Lipinski definition) is 1. The summed E-state index contributed by atoms with van der Waals surface area (Å²) in [5, 5.41) is 3.72. The maximum atomic E-state index is 12.4. The quantitative estimate of drug-likeness (QED) is 0.234. The van der Waals surface area contributed by atoms with Crippen molar-refractivity contribution in [3.8, 4) is 11.8 Å². The van der Waals surface area contributed by atoms with Gasteiger partial charge in [-0.25, -0.2) is 4.98 Å². The number of carbonyl (C=O) groups excluding carboxylic acids is 1. The number of rotatable bonds is 9. The van der Waals surface area contributed by atoms with Crippen LogP contribution < -0.4 is 5.32 Å². The van der Waals surface area contributed by atoms with Crippen LogP contribution in [0.3, 0.4) is 0 Å². The number of aromatic nitrogens is 2. The fraction of sp³-hybridized carbons (Fsp3) is 0.708. The second kappa shape index (κ2) is 12.4. The molecule has 8 heteroatoms. The highest BCUT2D eigenvalue weighted by Crippen LogP contribution is 2.36. The molecule has 1 aliphatic carbocycles. The molecule has 0 spiro atoms. The van der Waals surface area contributed by atoms with E-state index in [1.54, 1.807) is 6.20 Å². The van der Waals surface area contributed by atoms with Gasteiger partial charge in [0, 0.05) is 31.4 Å². The summed E-state index contributed by atoms with van der Waals surface area (Å²) in [7, 11) is 0. The Morgan fingerprint density at radius 1 is 1.22 bits per heavy atom. The van der Waals surface area contributed by atoms with Crippen LogP contribution in [-0.4, -0.2) is 46.6 Å². The van der Waals surface area contributed by atoms with Crippen molar-refractivity contribution in [2.75, 3.05) is 18.5 Å². The molecule has 32 heavy (non-hydrogen) atoms. The van der Waals surface area contributed by atoms with Crippen LogP contribution in [0, 0.1) is 11.8 Å². The van der Waals surface area contributed by atoms with Crippen LogP contribution >= 0.6 is 11.6 Å². The molecule has 0 radical (unpaired) electrons. The number of halogens is 1. The van der Waals surface area contributed by atoms with Gasteiger partial charge < -0.3 is 19.5 Å². The summed E-state index contributed by atoms with van der Waals surface area (Å²) in [6.45, 7) is 10.4. The zero-order chi connectivity index (χ0) is 23.6. The molecule has 1 aliphatic rings. The van der Waals surface area contributed by atoms with E-state index >= 15 is 0 Å². The summed E-state index contributed by atoms with van der Waals surface area (Å²) in [4.78, 5) is 20.9. The number of hydrogen-bond acceptors (Lipinski definition) is 7. The Morgan fingerprint density at radius 3 is 2.47 bits per heavy atom. The SMILES string of the molecule is CCOC(C#Cc1cnc(Cl)nc1NC1(CCC(=O)OC(C)(C)C)CCCCC1)OCC. The number of esters is 1. The molecule has 1 aromatic heterocycles. The van der Waals surface area contributed by atoms with Gasteiger partial charge in [0.05, 0.1) is 5.56 Å². The number of anilines is 1. The molecule has 0 atom stereocenters. The van der Waals surface area contributed by atoms with Crippen molar-refractivity contribution in [3.05, 3.63) is 17.0 Å². The third-order valence-electron chi connectivity index (χ3n) is 5.14. The average Bonchev–Trinajstić information content (AvgIpc) is 2.71. The Balaban J connectivity index is 2.24. The first-order valence-corrected chi connectivity index (χ1v) is 11.8. The van der Waals surface area contributed by atoms with Crippen LogP contribution in [0.1, 0.15) is 85.1 Å². The van der Waals surface area contributed by atoms with Crippen LogP contribution in [0.25, 0.3) is 0 Å². The van der Waals surface area contributed by atoms with E-state index in [-0.39, 0.29) is 16.8 Å². The van der Waals surface area contributed by atoms with Crippen molar-refractivity contribution >= 4 is 23.4 Å². The second-order valence-electron chi connectivity index (χ2n) is 8.97. The maximum absolute atomic E-state index is 12.4. The first kappa shape index (κ1) is 26.4. The fourth-order valence-electron chi connectivity index (χ4n) is 3.77. The lowest BCUT2D eigenvalue weighted by Gasteiger charge is -2.39. The molecule has 1 N–H and O–H groups in total. The third-order valence-corrected chi connectivity index (χ3v) is 5.32. The molecular weight excluding hydrogens is 430 g/mol. The first-order chi connectivity index (χ1) is 15.2. The van der Waals surface area contributed by atoms with Crippen LogP contribution in [0.5, 0.6) is 0 Å². The molecule has 0 amide bonds. The largest absolute Gasteiger partial charge is 0.460 e. The molecule has 0 aromatic carbocycles. The van der Waals surface area contributed by atoms with Gasteiger partial charge >= 0.3 is 5.97 Å². The summed E-state index contributed by atoms with van der Waals surface area (Å²) in [6, 6.07) is 0. The van der Waals surface area contributed by atoms with E-state index in [9.17, 15) is 4.79 Å². The van der Waals surface area contributed by atoms with Crippen molar-refractivity contribution in [1.82, 2.24) is 9.97 Å². The standard InChI is InChI=1S/C24H36ClN3O4/c1-6-30-20(31-7-2)12-11-18-17-26-22(25)27-21(18)28-24(14-9-8-10-15-24)16-13-19(29)32-23(3,4)5/h17,20H,6-10,13-16H2,1-5H3,(H,26,27,28). The van der Waals surface area contributed by atoms with Crippen molar-refractivity contribution in [1.29, 1.82) is 0 Å². The summed E-state index contributed by atoms with van der Waals surface area (Å²) in [5.41, 5.74) is -0.158. The van der Waals surface area contributed by atoms with E-state index in [0.717, 1.165) is 25.7 Å². The van der Waals surface area contributed by atoms with Crippen LogP contribution in [0.4, 0.5) is 5.82 Å². The summed E-state index contributed by atoms with van der Waals surface area (Å²) in [6.07, 6.45) is 7.18. The van der Waals surface area contributed by atoms with Crippen molar-refractivity contribution in [3.63, 3.8) is 0 Å². The van der Waals surface area contributed by atoms with Gasteiger partial charge in [-0.15, -0.1) is 0 Å². The second-order valence-corrected chi connectivity index (χ2v) is 9.30. The molecule has 7 nitrogen and oxygen atoms in total. The van der Waals surface area contributed by atoms with E-state index in [4.69, 9.17) is 25.8 Å². The Labute approximate surface area is 197 Å². The molecule has 178 valence electrons. The van der Waals surface area contributed by atoms with E-state index in [1.165, 1.54) is 6.42 Å². The Kier molecular flexibility index (Phi) is 10.2. The van der Waals surface area contributed by atoms with Gasteiger partial charge in [-0.2, -0.15) is 4.98 Å².